The van der Waals surface area contributed by atoms with E-state index < -0.39 is 17.3 Å². The maximum absolute atomic E-state index is 14.1. The molecule has 1 aliphatic carbocycles. The highest BCUT2D eigenvalue weighted by molar-refractivity contribution is 6.32. The second-order valence-electron chi connectivity index (χ2n) is 8.57. The summed E-state index contributed by atoms with van der Waals surface area (Å²) in [6.45, 7) is 2.00. The fourth-order valence-electron chi connectivity index (χ4n) is 4.92. The average Bonchev–Trinajstić information content (AvgIpc) is 3.60. The summed E-state index contributed by atoms with van der Waals surface area (Å²) >= 11 is 6.36. The van der Waals surface area contributed by atoms with Gasteiger partial charge in [-0.15, -0.1) is 9.90 Å². The van der Waals surface area contributed by atoms with Gasteiger partial charge in [0.1, 0.15) is 0 Å². The molecule has 0 bridgehead atoms. The minimum absolute atomic E-state index is 0.270. The second kappa shape index (κ2) is 7.67. The van der Waals surface area contributed by atoms with Crippen molar-refractivity contribution < 1.29 is 9.18 Å². The lowest BCUT2D eigenvalue weighted by Gasteiger charge is -2.26. The van der Waals surface area contributed by atoms with E-state index in [1.165, 1.54) is 34.0 Å². The highest BCUT2D eigenvalue weighted by atomic mass is 35.5. The van der Waals surface area contributed by atoms with Crippen molar-refractivity contribution in [1.82, 2.24) is 44.4 Å². The van der Waals surface area contributed by atoms with Crippen LogP contribution in [0.5, 0.6) is 0 Å². The van der Waals surface area contributed by atoms with Gasteiger partial charge in [0.2, 0.25) is 11.9 Å². The molecule has 2 atom stereocenters. The maximum atomic E-state index is 14.1. The van der Waals surface area contributed by atoms with Crippen LogP contribution in [0.1, 0.15) is 36.2 Å². The molecule has 0 saturated heterocycles. The summed E-state index contributed by atoms with van der Waals surface area (Å²) in [5.74, 6) is -1.15. The molecule has 5 aromatic heterocycles. The predicted octanol–water partition coefficient (Wildman–Crippen LogP) is 2.66. The number of halogens is 2. The van der Waals surface area contributed by atoms with Crippen LogP contribution in [0.15, 0.2) is 49.2 Å². The summed E-state index contributed by atoms with van der Waals surface area (Å²) < 4.78 is 17.3. The number of aryl methyl sites for hydroxylation is 1. The number of aromatic nitrogens is 9. The standard InChI is InChI=1S/C22H18ClFN10O/c1-22(16-3-4-27-32(16)2)9-13(14-11-25-18-8-17(24)31-33(18)19(14)22)21(35)30-12-7-15(23)20(26-10-12)34-28-5-6-29-34/h3-8,10-11,13H,9H2,1-2H3,(H,30,35). The minimum Gasteiger partial charge on any atom is -0.324 e. The van der Waals surface area contributed by atoms with Crippen LogP contribution in [-0.4, -0.2) is 50.3 Å². The lowest BCUT2D eigenvalue weighted by Crippen LogP contribution is -2.28. The van der Waals surface area contributed by atoms with E-state index in [0.29, 0.717) is 34.8 Å². The average molecular weight is 493 g/mol. The molecule has 13 heteroatoms. The van der Waals surface area contributed by atoms with Gasteiger partial charge in [-0.05, 0) is 25.5 Å². The molecule has 176 valence electrons. The van der Waals surface area contributed by atoms with Crippen LogP contribution in [0.25, 0.3) is 11.5 Å². The third-order valence-electron chi connectivity index (χ3n) is 6.39. The molecule has 1 amide bonds. The molecule has 5 heterocycles. The monoisotopic (exact) mass is 492 g/mol. The van der Waals surface area contributed by atoms with E-state index >= 15 is 0 Å². The van der Waals surface area contributed by atoms with Crippen molar-refractivity contribution in [2.75, 3.05) is 5.32 Å². The normalized spacial score (nSPS) is 19.3. The fourth-order valence-corrected chi connectivity index (χ4v) is 5.16. The van der Waals surface area contributed by atoms with Crippen molar-refractivity contribution in [3.05, 3.63) is 77.1 Å². The van der Waals surface area contributed by atoms with Crippen molar-refractivity contribution in [2.24, 2.45) is 7.05 Å². The quantitative estimate of drug-likeness (QED) is 0.409. The maximum Gasteiger partial charge on any atom is 0.235 e. The summed E-state index contributed by atoms with van der Waals surface area (Å²) in [4.78, 5) is 23.4. The van der Waals surface area contributed by atoms with Crippen molar-refractivity contribution >= 4 is 28.8 Å². The number of hydrogen-bond acceptors (Lipinski definition) is 7. The molecule has 1 aliphatic rings. The Morgan fingerprint density at radius 3 is 2.69 bits per heavy atom. The number of amides is 1. The Morgan fingerprint density at radius 2 is 1.97 bits per heavy atom. The topological polar surface area (TPSA) is 121 Å². The Balaban J connectivity index is 1.39. The zero-order chi connectivity index (χ0) is 24.3. The van der Waals surface area contributed by atoms with Gasteiger partial charge in [0.15, 0.2) is 11.5 Å². The SMILES string of the molecule is Cn1nccc1C1(C)CC(C(=O)Nc2cnc(-n3nccn3)c(Cl)c2)c2cnc3cc(F)nn3c21. The van der Waals surface area contributed by atoms with Gasteiger partial charge in [-0.3, -0.25) is 9.48 Å². The molecule has 11 nitrogen and oxygen atoms in total. The van der Waals surface area contributed by atoms with Gasteiger partial charge in [0.25, 0.3) is 0 Å². The van der Waals surface area contributed by atoms with Gasteiger partial charge < -0.3 is 5.32 Å². The lowest BCUT2D eigenvalue weighted by atomic mass is 9.82. The summed E-state index contributed by atoms with van der Waals surface area (Å²) in [5.41, 5.74) is 2.36. The Labute approximate surface area is 202 Å². The molecule has 0 saturated carbocycles. The van der Waals surface area contributed by atoms with Crippen LogP contribution in [0.2, 0.25) is 5.02 Å². The van der Waals surface area contributed by atoms with E-state index in [0.717, 1.165) is 5.69 Å². The first-order valence-electron chi connectivity index (χ1n) is 10.7. The molecule has 6 rings (SSSR count). The van der Waals surface area contributed by atoms with Crippen LogP contribution >= 0.6 is 11.6 Å². The summed E-state index contributed by atoms with van der Waals surface area (Å²) in [7, 11) is 1.83. The van der Waals surface area contributed by atoms with Gasteiger partial charge >= 0.3 is 0 Å². The first kappa shape index (κ1) is 21.4. The molecule has 2 unspecified atom stereocenters. The van der Waals surface area contributed by atoms with Gasteiger partial charge in [0.05, 0.1) is 46.3 Å². The largest absolute Gasteiger partial charge is 0.324 e. The smallest absolute Gasteiger partial charge is 0.235 e. The molecule has 0 spiro atoms. The number of carbonyl (C=O) groups excluding carboxylic acids is 1. The van der Waals surface area contributed by atoms with E-state index in [2.05, 4.69) is 35.7 Å². The number of hydrogen-bond donors (Lipinski definition) is 1. The van der Waals surface area contributed by atoms with Gasteiger partial charge in [-0.1, -0.05) is 11.6 Å². The summed E-state index contributed by atoms with van der Waals surface area (Å²) in [6, 6.07) is 4.74. The number of nitrogens with zero attached hydrogens (tertiary/aromatic N) is 9. The predicted molar refractivity (Wildman–Crippen MR) is 123 cm³/mol. The molecule has 35 heavy (non-hydrogen) atoms. The van der Waals surface area contributed by atoms with Crippen molar-refractivity contribution in [3.8, 4) is 5.82 Å². The number of carbonyl (C=O) groups is 1. The number of fused-ring (bicyclic) bond motifs is 3. The van der Waals surface area contributed by atoms with E-state index in [1.54, 1.807) is 23.1 Å². The number of pyridine rings is 1. The second-order valence-corrected chi connectivity index (χ2v) is 8.97. The first-order chi connectivity index (χ1) is 16.8. The fraction of sp³-hybridized carbons (Fsp3) is 0.227. The summed E-state index contributed by atoms with van der Waals surface area (Å²) in [6.07, 6.45) is 8.24. The van der Waals surface area contributed by atoms with Crippen molar-refractivity contribution in [2.45, 2.75) is 24.7 Å². The Morgan fingerprint density at radius 1 is 1.17 bits per heavy atom. The highest BCUT2D eigenvalue weighted by Gasteiger charge is 2.48. The van der Waals surface area contributed by atoms with E-state index in [4.69, 9.17) is 11.6 Å². The third kappa shape index (κ3) is 3.28. The third-order valence-corrected chi connectivity index (χ3v) is 6.67. The van der Waals surface area contributed by atoms with E-state index in [9.17, 15) is 9.18 Å². The van der Waals surface area contributed by atoms with Crippen molar-refractivity contribution in [3.63, 3.8) is 0 Å². The van der Waals surface area contributed by atoms with Crippen LogP contribution < -0.4 is 5.32 Å². The van der Waals surface area contributed by atoms with Crippen LogP contribution in [0.4, 0.5) is 10.1 Å². The van der Waals surface area contributed by atoms with Gasteiger partial charge in [0, 0.05) is 36.8 Å². The Bertz CT molecular complexity index is 1590. The van der Waals surface area contributed by atoms with Gasteiger partial charge in [-0.25, -0.2) is 14.5 Å². The zero-order valence-electron chi connectivity index (χ0n) is 18.6. The zero-order valence-corrected chi connectivity index (χ0v) is 19.3. The molecule has 0 fully saturated rings. The minimum atomic E-state index is -0.673. The van der Waals surface area contributed by atoms with E-state index in [-0.39, 0.29) is 10.9 Å². The number of anilines is 1. The molecular weight excluding hydrogens is 475 g/mol. The molecule has 0 radical (unpaired) electrons. The molecule has 0 aromatic carbocycles. The number of rotatable bonds is 4. The van der Waals surface area contributed by atoms with Crippen LogP contribution in [-0.2, 0) is 17.3 Å². The lowest BCUT2D eigenvalue weighted by molar-refractivity contribution is -0.117. The van der Waals surface area contributed by atoms with Crippen LogP contribution in [0, 0.1) is 5.95 Å². The Kier molecular flexibility index (Phi) is 4.68. The highest BCUT2D eigenvalue weighted by Crippen LogP contribution is 2.49. The summed E-state index contributed by atoms with van der Waals surface area (Å²) in [5, 5.41) is 19.6. The number of nitrogens with one attached hydrogen (secondary N) is 1. The first-order valence-corrected chi connectivity index (χ1v) is 11.1. The van der Waals surface area contributed by atoms with Crippen LogP contribution in [0.3, 0.4) is 0 Å². The van der Waals surface area contributed by atoms with Crippen molar-refractivity contribution in [1.29, 1.82) is 0 Å². The molecule has 1 N–H and O–H groups in total. The Hall–Kier alpha value is -4.19. The molecule has 5 aromatic rings. The molecule has 0 aliphatic heterocycles. The molecular formula is C22H18ClFN10O. The van der Waals surface area contributed by atoms with Gasteiger partial charge in [-0.2, -0.15) is 19.7 Å². The van der Waals surface area contributed by atoms with E-state index in [1.807, 2.05) is 20.0 Å².